The Kier molecular flexibility index (Phi) is 4.54. The molecule has 8 heteroatoms. The lowest BCUT2D eigenvalue weighted by molar-refractivity contribution is -0.141. The third-order valence-corrected chi connectivity index (χ3v) is 3.49. The van der Waals surface area contributed by atoms with E-state index < -0.39 is 11.9 Å². The van der Waals surface area contributed by atoms with Gasteiger partial charge in [-0.25, -0.2) is 15.0 Å². The lowest BCUT2D eigenvalue weighted by Crippen LogP contribution is -2.10. The van der Waals surface area contributed by atoms with Crippen molar-refractivity contribution in [1.29, 1.82) is 5.26 Å². The fraction of sp³-hybridized carbons (Fsp3) is 0.111. The number of rotatable bonds is 3. The van der Waals surface area contributed by atoms with Gasteiger partial charge < -0.3 is 5.32 Å². The number of pyridine rings is 1. The van der Waals surface area contributed by atoms with Crippen LogP contribution >= 0.6 is 0 Å². The Morgan fingerprint density at radius 2 is 1.85 bits per heavy atom. The molecule has 0 aliphatic carbocycles. The molecule has 3 aromatic rings. The maximum atomic E-state index is 12.8. The molecule has 0 atom stereocenters. The van der Waals surface area contributed by atoms with Gasteiger partial charge >= 0.3 is 6.18 Å². The summed E-state index contributed by atoms with van der Waals surface area (Å²) in [5.74, 6) is -0.144. The lowest BCUT2D eigenvalue weighted by atomic mass is 10.0. The molecule has 0 aliphatic heterocycles. The molecule has 0 aliphatic rings. The van der Waals surface area contributed by atoms with Crippen LogP contribution in [0, 0.1) is 18.3 Å². The number of benzene rings is 1. The van der Waals surface area contributed by atoms with Gasteiger partial charge in [0.25, 0.3) is 0 Å². The molecule has 0 radical (unpaired) electrons. The molecule has 1 aromatic carbocycles. The van der Waals surface area contributed by atoms with Crippen LogP contribution in [0.2, 0.25) is 0 Å². The van der Waals surface area contributed by atoms with Gasteiger partial charge in [-0.2, -0.15) is 18.4 Å². The van der Waals surface area contributed by atoms with Gasteiger partial charge in [-0.15, -0.1) is 0 Å². The molecule has 3 rings (SSSR count). The van der Waals surface area contributed by atoms with Crippen molar-refractivity contribution in [1.82, 2.24) is 15.0 Å². The van der Waals surface area contributed by atoms with E-state index in [2.05, 4.69) is 20.3 Å². The van der Waals surface area contributed by atoms with Crippen LogP contribution in [-0.2, 0) is 6.18 Å². The molecule has 0 saturated heterocycles. The molecule has 26 heavy (non-hydrogen) atoms. The number of halogens is 3. The van der Waals surface area contributed by atoms with Crippen molar-refractivity contribution in [3.8, 4) is 17.2 Å². The number of aromatic nitrogens is 3. The van der Waals surface area contributed by atoms with E-state index in [9.17, 15) is 13.2 Å². The third kappa shape index (κ3) is 3.95. The predicted molar refractivity (Wildman–Crippen MR) is 89.4 cm³/mol. The Bertz CT molecular complexity index is 975. The number of alkyl halides is 3. The van der Waals surface area contributed by atoms with Gasteiger partial charge in [-0.1, -0.05) is 6.07 Å². The largest absolute Gasteiger partial charge is 0.433 e. The molecule has 2 aromatic heterocycles. The maximum Gasteiger partial charge on any atom is 0.433 e. The van der Waals surface area contributed by atoms with Crippen LogP contribution < -0.4 is 5.32 Å². The van der Waals surface area contributed by atoms with Gasteiger partial charge in [0.2, 0.25) is 5.95 Å². The Hall–Kier alpha value is -3.47. The molecule has 0 unspecified atom stereocenters. The number of aryl methyl sites for hydroxylation is 1. The summed E-state index contributed by atoms with van der Waals surface area (Å²) in [7, 11) is 0. The molecule has 0 fully saturated rings. The number of hydrogen-bond donors (Lipinski definition) is 1. The van der Waals surface area contributed by atoms with Crippen LogP contribution in [0.4, 0.5) is 24.8 Å². The smallest absolute Gasteiger partial charge is 0.324 e. The second-order valence-electron chi connectivity index (χ2n) is 5.52. The van der Waals surface area contributed by atoms with Gasteiger partial charge in [-0.05, 0) is 48.4 Å². The molecule has 2 heterocycles. The average molecular weight is 355 g/mol. The highest BCUT2D eigenvalue weighted by atomic mass is 19.4. The quantitative estimate of drug-likeness (QED) is 0.750. The van der Waals surface area contributed by atoms with Gasteiger partial charge in [-0.3, -0.25) is 0 Å². The summed E-state index contributed by atoms with van der Waals surface area (Å²) in [5, 5.41) is 11.6. The van der Waals surface area contributed by atoms with E-state index in [-0.39, 0.29) is 5.95 Å². The Morgan fingerprint density at radius 1 is 1.04 bits per heavy atom. The Morgan fingerprint density at radius 3 is 2.50 bits per heavy atom. The zero-order valence-corrected chi connectivity index (χ0v) is 13.5. The molecule has 5 nitrogen and oxygen atoms in total. The molecule has 0 saturated carbocycles. The van der Waals surface area contributed by atoms with Crippen LogP contribution in [0.25, 0.3) is 11.1 Å². The van der Waals surface area contributed by atoms with E-state index in [0.717, 1.165) is 29.0 Å². The van der Waals surface area contributed by atoms with E-state index in [4.69, 9.17) is 5.26 Å². The molecule has 130 valence electrons. The Labute approximate surface area is 147 Å². The highest BCUT2D eigenvalue weighted by molar-refractivity contribution is 5.70. The van der Waals surface area contributed by atoms with Gasteiger partial charge in [0.15, 0.2) is 0 Å². The number of anilines is 2. The number of hydrogen-bond acceptors (Lipinski definition) is 5. The standard InChI is InChI=1S/C18H12F3N5/c1-11-6-13(12-2-3-14(9-22)24-10-12)8-15(7-11)25-17-23-5-4-16(26-17)18(19,20)21/h2-8,10H,1H3,(H,23,25,26). The van der Waals surface area contributed by atoms with E-state index in [1.54, 1.807) is 30.5 Å². The summed E-state index contributed by atoms with van der Waals surface area (Å²) in [6, 6.07) is 11.5. The van der Waals surface area contributed by atoms with E-state index >= 15 is 0 Å². The molecule has 0 spiro atoms. The lowest BCUT2D eigenvalue weighted by Gasteiger charge is -2.11. The first-order valence-corrected chi connectivity index (χ1v) is 7.50. The van der Waals surface area contributed by atoms with Crippen molar-refractivity contribution in [2.45, 2.75) is 13.1 Å². The van der Waals surface area contributed by atoms with Crippen LogP contribution in [-0.4, -0.2) is 15.0 Å². The van der Waals surface area contributed by atoms with E-state index in [0.29, 0.717) is 11.4 Å². The van der Waals surface area contributed by atoms with E-state index in [1.165, 1.54) is 0 Å². The SMILES string of the molecule is Cc1cc(Nc2nccc(C(F)(F)F)n2)cc(-c2ccc(C#N)nc2)c1. The highest BCUT2D eigenvalue weighted by Crippen LogP contribution is 2.29. The van der Waals surface area contributed by atoms with Crippen molar-refractivity contribution in [3.63, 3.8) is 0 Å². The van der Waals surface area contributed by atoms with Crippen LogP contribution in [0.3, 0.4) is 0 Å². The molecule has 0 bridgehead atoms. The van der Waals surface area contributed by atoms with Crippen molar-refractivity contribution in [2.75, 3.05) is 5.32 Å². The molecule has 0 amide bonds. The zero-order chi connectivity index (χ0) is 18.7. The summed E-state index contributed by atoms with van der Waals surface area (Å²) < 4.78 is 38.3. The number of nitriles is 1. The second-order valence-corrected chi connectivity index (χ2v) is 5.52. The summed E-state index contributed by atoms with van der Waals surface area (Å²) >= 11 is 0. The second kappa shape index (κ2) is 6.80. The molecular formula is C18H12F3N5. The average Bonchev–Trinajstić information content (AvgIpc) is 2.61. The summed E-state index contributed by atoms with van der Waals surface area (Å²) in [6.07, 6.45) is -1.91. The first-order chi connectivity index (χ1) is 12.3. The molecular weight excluding hydrogens is 343 g/mol. The minimum absolute atomic E-state index is 0.144. The van der Waals surface area contributed by atoms with Crippen molar-refractivity contribution in [3.05, 3.63) is 65.7 Å². The van der Waals surface area contributed by atoms with Crippen molar-refractivity contribution < 1.29 is 13.2 Å². The van der Waals surface area contributed by atoms with Crippen molar-refractivity contribution >= 4 is 11.6 Å². The Balaban J connectivity index is 1.92. The monoisotopic (exact) mass is 355 g/mol. The first kappa shape index (κ1) is 17.4. The zero-order valence-electron chi connectivity index (χ0n) is 13.5. The fourth-order valence-corrected chi connectivity index (χ4v) is 2.36. The van der Waals surface area contributed by atoms with Crippen LogP contribution in [0.1, 0.15) is 17.0 Å². The number of nitrogens with one attached hydrogen (secondary N) is 1. The number of nitrogens with zero attached hydrogens (tertiary/aromatic N) is 4. The maximum absolute atomic E-state index is 12.8. The summed E-state index contributed by atoms with van der Waals surface area (Å²) in [4.78, 5) is 11.4. The van der Waals surface area contributed by atoms with E-state index in [1.807, 2.05) is 19.1 Å². The molecule has 1 N–H and O–H groups in total. The predicted octanol–water partition coefficient (Wildman–Crippen LogP) is 4.48. The normalized spacial score (nSPS) is 11.0. The van der Waals surface area contributed by atoms with Gasteiger partial charge in [0, 0.05) is 23.6 Å². The van der Waals surface area contributed by atoms with Crippen LogP contribution in [0.15, 0.2) is 48.8 Å². The minimum atomic E-state index is -4.54. The fourth-order valence-electron chi connectivity index (χ4n) is 2.36. The third-order valence-electron chi connectivity index (χ3n) is 3.49. The highest BCUT2D eigenvalue weighted by Gasteiger charge is 2.32. The summed E-state index contributed by atoms with van der Waals surface area (Å²) in [5.41, 5.74) is 2.30. The summed E-state index contributed by atoms with van der Waals surface area (Å²) in [6.45, 7) is 1.86. The van der Waals surface area contributed by atoms with Gasteiger partial charge in [0.1, 0.15) is 17.5 Å². The van der Waals surface area contributed by atoms with Crippen LogP contribution in [0.5, 0.6) is 0 Å². The van der Waals surface area contributed by atoms with Crippen molar-refractivity contribution in [2.24, 2.45) is 0 Å². The topological polar surface area (TPSA) is 74.5 Å². The first-order valence-electron chi connectivity index (χ1n) is 7.50. The minimum Gasteiger partial charge on any atom is -0.324 e. The van der Waals surface area contributed by atoms with Gasteiger partial charge in [0.05, 0.1) is 0 Å².